The van der Waals surface area contributed by atoms with Crippen LogP contribution >= 0.6 is 22.9 Å². The summed E-state index contributed by atoms with van der Waals surface area (Å²) in [4.78, 5) is 41.1. The third kappa shape index (κ3) is 5.44. The molecule has 3 aromatic heterocycles. The van der Waals surface area contributed by atoms with Crippen LogP contribution < -0.4 is 16.8 Å². The van der Waals surface area contributed by atoms with E-state index in [4.69, 9.17) is 15.9 Å². The van der Waals surface area contributed by atoms with Crippen molar-refractivity contribution in [2.24, 2.45) is 5.73 Å². The molecule has 0 aliphatic carbocycles. The van der Waals surface area contributed by atoms with Crippen LogP contribution in [0.4, 0.5) is 10.1 Å². The fourth-order valence-corrected chi connectivity index (χ4v) is 4.99. The number of anilines is 1. The van der Waals surface area contributed by atoms with E-state index in [0.717, 1.165) is 16.4 Å². The number of hydrogen-bond donors (Lipinski definition) is 3. The second-order valence-corrected chi connectivity index (χ2v) is 9.65. The van der Waals surface area contributed by atoms with Crippen molar-refractivity contribution in [2.75, 3.05) is 5.73 Å². The number of aryl methyl sites for hydroxylation is 1. The molecule has 0 radical (unpaired) electrons. The number of nitrogens with two attached hydrogens (primary N) is 2. The van der Waals surface area contributed by atoms with E-state index in [1.165, 1.54) is 28.4 Å². The Morgan fingerprint density at radius 1 is 1.17 bits per heavy atom. The van der Waals surface area contributed by atoms with Crippen molar-refractivity contribution < 1.29 is 23.2 Å². The number of furan rings is 1. The fourth-order valence-electron chi connectivity index (χ4n) is 3.52. The topological polar surface area (TPSA) is 145 Å². The molecule has 5 N–H and O–H groups in total. The van der Waals surface area contributed by atoms with Crippen LogP contribution in [0.25, 0.3) is 0 Å². The van der Waals surface area contributed by atoms with Crippen LogP contribution in [0.3, 0.4) is 0 Å². The molecule has 0 saturated heterocycles. The molecule has 12 heteroatoms. The number of aromatic nitrogens is 1. The maximum Gasteiger partial charge on any atom is 0.270 e. The molecule has 4 rings (SSSR count). The van der Waals surface area contributed by atoms with Crippen molar-refractivity contribution in [1.29, 1.82) is 0 Å². The Kier molecular flexibility index (Phi) is 7.46. The van der Waals surface area contributed by atoms with E-state index in [0.29, 0.717) is 11.3 Å². The number of carbonyl (C=O) groups is 3. The van der Waals surface area contributed by atoms with Gasteiger partial charge < -0.3 is 26.1 Å². The zero-order chi connectivity index (χ0) is 25.8. The number of nitrogens with one attached hydrogen (secondary N) is 1. The first kappa shape index (κ1) is 25.1. The first-order valence-corrected chi connectivity index (χ1v) is 12.4. The Hall–Kier alpha value is -4.03. The highest BCUT2D eigenvalue weighted by Crippen LogP contribution is 2.31. The third-order valence-corrected chi connectivity index (χ3v) is 7.01. The molecule has 3 amide bonds. The second kappa shape index (κ2) is 10.7. The molecule has 9 nitrogen and oxygen atoms in total. The van der Waals surface area contributed by atoms with Crippen molar-refractivity contribution in [2.45, 2.75) is 26.1 Å². The van der Waals surface area contributed by atoms with E-state index in [1.54, 1.807) is 31.2 Å². The highest BCUT2D eigenvalue weighted by Gasteiger charge is 2.37. The summed E-state index contributed by atoms with van der Waals surface area (Å²) >= 11 is 2.14. The van der Waals surface area contributed by atoms with Crippen LogP contribution in [-0.4, -0.2) is 27.0 Å². The highest BCUT2D eigenvalue weighted by molar-refractivity contribution is 7.10. The van der Waals surface area contributed by atoms with Gasteiger partial charge in [0.05, 0.1) is 12.2 Å². The zero-order valence-electron chi connectivity index (χ0n) is 19.1. The summed E-state index contributed by atoms with van der Waals surface area (Å²) in [5.74, 6) is -1.58. The summed E-state index contributed by atoms with van der Waals surface area (Å²) < 4.78 is 23.0. The van der Waals surface area contributed by atoms with Crippen LogP contribution in [-0.2, 0) is 17.9 Å². The van der Waals surface area contributed by atoms with Crippen LogP contribution in [0, 0.1) is 12.7 Å². The van der Waals surface area contributed by atoms with Gasteiger partial charge in [-0.15, -0.1) is 11.3 Å². The van der Waals surface area contributed by atoms with Crippen molar-refractivity contribution in [3.05, 3.63) is 92.3 Å². The van der Waals surface area contributed by atoms with Gasteiger partial charge in [0.1, 0.15) is 22.2 Å². The van der Waals surface area contributed by atoms with Gasteiger partial charge in [0, 0.05) is 11.4 Å². The Bertz CT molecular complexity index is 1380. The van der Waals surface area contributed by atoms with Gasteiger partial charge in [-0.05, 0) is 59.7 Å². The summed E-state index contributed by atoms with van der Waals surface area (Å²) in [6.45, 7) is 1.89. The molecule has 0 fully saturated rings. The highest BCUT2D eigenvalue weighted by atomic mass is 32.1. The van der Waals surface area contributed by atoms with Gasteiger partial charge in [0.2, 0.25) is 0 Å². The average Bonchev–Trinajstić information content (AvgIpc) is 3.60. The van der Waals surface area contributed by atoms with Crippen molar-refractivity contribution in [3.8, 4) is 0 Å². The maximum atomic E-state index is 13.8. The molecule has 0 spiro atoms. The average molecular weight is 528 g/mol. The number of thiophene rings is 1. The van der Waals surface area contributed by atoms with E-state index in [-0.39, 0.29) is 40.9 Å². The van der Waals surface area contributed by atoms with Gasteiger partial charge in [-0.3, -0.25) is 14.4 Å². The summed E-state index contributed by atoms with van der Waals surface area (Å²) in [7, 11) is 0. The van der Waals surface area contributed by atoms with Crippen LogP contribution in [0.5, 0.6) is 0 Å². The van der Waals surface area contributed by atoms with E-state index >= 15 is 0 Å². The van der Waals surface area contributed by atoms with Gasteiger partial charge in [0.15, 0.2) is 11.7 Å². The van der Waals surface area contributed by atoms with Gasteiger partial charge >= 0.3 is 0 Å². The Labute approximate surface area is 213 Å². The molecule has 0 bridgehead atoms. The lowest BCUT2D eigenvalue weighted by Crippen LogP contribution is -2.43. The second-order valence-electron chi connectivity index (χ2n) is 7.85. The predicted molar refractivity (Wildman–Crippen MR) is 134 cm³/mol. The Balaban J connectivity index is 1.71. The minimum atomic E-state index is -1.17. The minimum Gasteiger partial charge on any atom is -0.464 e. The first-order chi connectivity index (χ1) is 17.2. The summed E-state index contributed by atoms with van der Waals surface area (Å²) in [6.07, 6.45) is 0. The van der Waals surface area contributed by atoms with Gasteiger partial charge in [-0.25, -0.2) is 4.39 Å². The zero-order valence-corrected chi connectivity index (χ0v) is 20.7. The summed E-state index contributed by atoms with van der Waals surface area (Å²) in [5.41, 5.74) is 11.7. The number of carbonyl (C=O) groups excluding carboxylic acids is 3. The third-order valence-electron chi connectivity index (χ3n) is 5.29. The molecular weight excluding hydrogens is 505 g/mol. The number of nitrogens with zero attached hydrogens (tertiary/aromatic N) is 2. The number of amides is 3. The lowest BCUT2D eigenvalue weighted by atomic mass is 10.1. The number of nitrogen functional groups attached to an aromatic ring is 1. The largest absolute Gasteiger partial charge is 0.464 e. The van der Waals surface area contributed by atoms with Crippen LogP contribution in [0.15, 0.2) is 58.3 Å². The fraction of sp³-hybridized carbons (Fsp3) is 0.167. The number of halogens is 1. The molecule has 1 atom stereocenters. The monoisotopic (exact) mass is 527 g/mol. The molecular formula is C24H22FN5O4S2. The number of primary amides is 1. The molecule has 1 aromatic carbocycles. The molecule has 3 heterocycles. The lowest BCUT2D eigenvalue weighted by molar-refractivity contribution is -0.126. The van der Waals surface area contributed by atoms with Gasteiger partial charge in [0.25, 0.3) is 17.7 Å². The molecule has 36 heavy (non-hydrogen) atoms. The van der Waals surface area contributed by atoms with E-state index in [1.807, 2.05) is 17.5 Å². The van der Waals surface area contributed by atoms with Gasteiger partial charge in [-0.1, -0.05) is 18.2 Å². The molecule has 186 valence electrons. The number of rotatable bonds is 9. The van der Waals surface area contributed by atoms with E-state index < -0.39 is 23.8 Å². The minimum absolute atomic E-state index is 0.0139. The van der Waals surface area contributed by atoms with Gasteiger partial charge in [-0.2, -0.15) is 4.37 Å². The summed E-state index contributed by atoms with van der Waals surface area (Å²) in [6, 6.07) is 11.5. The van der Waals surface area contributed by atoms with E-state index in [9.17, 15) is 18.8 Å². The SMILES string of the molecule is Cc1ccc([C@H](C(=O)NCc2ccc(F)cc2)N(Cc2cccs2)C(=O)c2snc(C(N)=O)c2N)o1. The molecule has 0 aliphatic heterocycles. The maximum absolute atomic E-state index is 13.8. The number of hydrogen-bond acceptors (Lipinski definition) is 8. The van der Waals surface area contributed by atoms with Crippen molar-refractivity contribution >= 4 is 46.3 Å². The molecule has 0 saturated carbocycles. The molecule has 0 unspecified atom stereocenters. The molecule has 4 aromatic rings. The lowest BCUT2D eigenvalue weighted by Gasteiger charge is -2.29. The standard InChI is InChI=1S/C24H22FN5O4S2/c1-13-4-9-17(34-13)20(23(32)28-11-14-5-7-15(25)8-6-14)30(12-16-3-2-10-35-16)24(33)21-18(26)19(22(27)31)29-36-21/h2-10,20H,11-12,26H2,1H3,(H2,27,31)(H,28,32)/t20-/m1/s1. The quantitative estimate of drug-likeness (QED) is 0.303. The molecule has 0 aliphatic rings. The normalized spacial score (nSPS) is 11.7. The number of benzene rings is 1. The first-order valence-electron chi connectivity index (χ1n) is 10.7. The Morgan fingerprint density at radius 3 is 2.50 bits per heavy atom. The summed E-state index contributed by atoms with van der Waals surface area (Å²) in [5, 5.41) is 4.65. The van der Waals surface area contributed by atoms with Crippen LogP contribution in [0.1, 0.15) is 48.2 Å². The van der Waals surface area contributed by atoms with Crippen molar-refractivity contribution in [1.82, 2.24) is 14.6 Å². The van der Waals surface area contributed by atoms with Crippen molar-refractivity contribution in [3.63, 3.8) is 0 Å². The van der Waals surface area contributed by atoms with Crippen LogP contribution in [0.2, 0.25) is 0 Å². The van der Waals surface area contributed by atoms with E-state index in [2.05, 4.69) is 9.69 Å². The Morgan fingerprint density at radius 2 is 1.92 bits per heavy atom. The smallest absolute Gasteiger partial charge is 0.270 e. The predicted octanol–water partition coefficient (Wildman–Crippen LogP) is 3.63.